The molecule has 0 saturated carbocycles. The Bertz CT molecular complexity index is 1150. The first-order valence-corrected chi connectivity index (χ1v) is 11.5. The third-order valence-corrected chi connectivity index (χ3v) is 5.90. The zero-order valence-electron chi connectivity index (χ0n) is 17.9. The van der Waals surface area contributed by atoms with E-state index in [-0.39, 0.29) is 17.3 Å². The van der Waals surface area contributed by atoms with Gasteiger partial charge in [0, 0.05) is 29.6 Å². The van der Waals surface area contributed by atoms with Crippen LogP contribution in [0, 0.1) is 0 Å². The fraction of sp³-hybridized carbons (Fsp3) is 0.217. The predicted molar refractivity (Wildman–Crippen MR) is 121 cm³/mol. The summed E-state index contributed by atoms with van der Waals surface area (Å²) >= 11 is 0. The number of nitrogens with one attached hydrogen (secondary N) is 2. The quantitative estimate of drug-likeness (QED) is 0.484. The van der Waals surface area contributed by atoms with E-state index in [1.807, 2.05) is 13.0 Å². The summed E-state index contributed by atoms with van der Waals surface area (Å²) in [6.45, 7) is 2.78. The van der Waals surface area contributed by atoms with Crippen LogP contribution >= 0.6 is 0 Å². The van der Waals surface area contributed by atoms with Gasteiger partial charge in [0.15, 0.2) is 0 Å². The van der Waals surface area contributed by atoms with E-state index in [1.165, 1.54) is 31.4 Å². The summed E-state index contributed by atoms with van der Waals surface area (Å²) in [4.78, 5) is 16.8. The van der Waals surface area contributed by atoms with Crippen molar-refractivity contribution in [1.82, 2.24) is 10.3 Å². The lowest BCUT2D eigenvalue weighted by atomic mass is 10.2. The number of pyridine rings is 1. The van der Waals surface area contributed by atoms with Crippen molar-refractivity contribution in [1.29, 1.82) is 0 Å². The average Bonchev–Trinajstić information content (AvgIpc) is 2.82. The number of rotatable bonds is 10. The number of hydrogen-bond acceptors (Lipinski definition) is 6. The van der Waals surface area contributed by atoms with Crippen LogP contribution in [-0.2, 0) is 16.6 Å². The van der Waals surface area contributed by atoms with E-state index in [1.54, 1.807) is 36.5 Å². The van der Waals surface area contributed by atoms with E-state index in [0.29, 0.717) is 29.5 Å². The van der Waals surface area contributed by atoms with E-state index in [2.05, 4.69) is 15.0 Å². The van der Waals surface area contributed by atoms with Crippen molar-refractivity contribution in [2.45, 2.75) is 24.8 Å². The molecule has 3 aromatic rings. The molecule has 3 rings (SSSR count). The number of sulfonamides is 1. The van der Waals surface area contributed by atoms with Crippen molar-refractivity contribution in [2.24, 2.45) is 0 Å². The molecular weight excluding hydrogens is 430 g/mol. The predicted octanol–water partition coefficient (Wildman–Crippen LogP) is 3.61. The highest BCUT2D eigenvalue weighted by atomic mass is 32.2. The standard InChI is InChI=1S/C23H25N3O5S/c1-3-15-31-23-18(5-4-14-24-23)16-25-22(27)17-6-12-21(13-7-17)32(28,29)26-19-8-10-20(30-2)11-9-19/h4-14,26H,3,15-16H2,1-2H3,(H,25,27). The molecule has 0 atom stereocenters. The van der Waals surface area contributed by atoms with E-state index in [9.17, 15) is 13.2 Å². The third kappa shape index (κ3) is 5.98. The van der Waals surface area contributed by atoms with Gasteiger partial charge in [-0.1, -0.05) is 13.0 Å². The molecule has 168 valence electrons. The molecule has 0 aliphatic heterocycles. The van der Waals surface area contributed by atoms with Crippen molar-refractivity contribution >= 4 is 21.6 Å². The second kappa shape index (κ2) is 10.6. The van der Waals surface area contributed by atoms with Crippen LogP contribution < -0.4 is 19.5 Å². The molecule has 0 fully saturated rings. The molecule has 1 amide bonds. The molecule has 0 aliphatic rings. The lowest BCUT2D eigenvalue weighted by Gasteiger charge is -2.11. The van der Waals surface area contributed by atoms with Crippen molar-refractivity contribution in [3.8, 4) is 11.6 Å². The monoisotopic (exact) mass is 455 g/mol. The fourth-order valence-corrected chi connectivity index (χ4v) is 3.88. The summed E-state index contributed by atoms with van der Waals surface area (Å²) in [5.41, 5.74) is 1.51. The third-order valence-electron chi connectivity index (χ3n) is 4.50. The molecule has 0 aliphatic carbocycles. The molecular formula is C23H25N3O5S. The van der Waals surface area contributed by atoms with Crippen molar-refractivity contribution in [3.05, 3.63) is 78.0 Å². The summed E-state index contributed by atoms with van der Waals surface area (Å²) < 4.78 is 38.4. The van der Waals surface area contributed by atoms with Crippen LogP contribution in [0.1, 0.15) is 29.3 Å². The summed E-state index contributed by atoms with van der Waals surface area (Å²) in [5, 5.41) is 2.81. The van der Waals surface area contributed by atoms with Gasteiger partial charge in [0.25, 0.3) is 15.9 Å². The molecule has 9 heteroatoms. The van der Waals surface area contributed by atoms with Crippen LogP contribution in [0.2, 0.25) is 0 Å². The number of nitrogens with zero attached hydrogens (tertiary/aromatic N) is 1. The highest BCUT2D eigenvalue weighted by Gasteiger charge is 2.16. The number of benzene rings is 2. The molecule has 1 aromatic heterocycles. The lowest BCUT2D eigenvalue weighted by molar-refractivity contribution is 0.0950. The average molecular weight is 456 g/mol. The van der Waals surface area contributed by atoms with Crippen molar-refractivity contribution < 1.29 is 22.7 Å². The van der Waals surface area contributed by atoms with Crippen molar-refractivity contribution in [3.63, 3.8) is 0 Å². The van der Waals surface area contributed by atoms with Crippen LogP contribution in [0.5, 0.6) is 11.6 Å². The van der Waals surface area contributed by atoms with Crippen LogP contribution in [0.25, 0.3) is 0 Å². The molecule has 2 N–H and O–H groups in total. The summed E-state index contributed by atoms with van der Waals surface area (Å²) in [5.74, 6) is 0.779. The minimum absolute atomic E-state index is 0.0485. The molecule has 1 heterocycles. The fourth-order valence-electron chi connectivity index (χ4n) is 2.82. The topological polar surface area (TPSA) is 107 Å². The van der Waals surface area contributed by atoms with E-state index in [0.717, 1.165) is 12.0 Å². The highest BCUT2D eigenvalue weighted by molar-refractivity contribution is 7.92. The maximum Gasteiger partial charge on any atom is 0.261 e. The second-order valence-electron chi connectivity index (χ2n) is 6.86. The maximum absolute atomic E-state index is 12.6. The molecule has 0 radical (unpaired) electrons. The van der Waals surface area contributed by atoms with Gasteiger partial charge in [-0.2, -0.15) is 0 Å². The zero-order valence-corrected chi connectivity index (χ0v) is 18.7. The lowest BCUT2D eigenvalue weighted by Crippen LogP contribution is -2.23. The number of ether oxygens (including phenoxy) is 2. The van der Waals surface area contributed by atoms with E-state index >= 15 is 0 Å². The van der Waals surface area contributed by atoms with Gasteiger partial charge in [-0.05, 0) is 61.0 Å². The van der Waals surface area contributed by atoms with Gasteiger partial charge in [-0.25, -0.2) is 13.4 Å². The first-order valence-electron chi connectivity index (χ1n) is 10.0. The number of methoxy groups -OCH3 is 1. The van der Waals surface area contributed by atoms with Crippen LogP contribution in [0.4, 0.5) is 5.69 Å². The number of carbonyl (C=O) groups excluding carboxylic acids is 1. The van der Waals surface area contributed by atoms with Crippen LogP contribution in [0.15, 0.2) is 71.8 Å². The van der Waals surface area contributed by atoms with Gasteiger partial charge in [-0.15, -0.1) is 0 Å². The first kappa shape index (κ1) is 23.1. The first-order chi connectivity index (χ1) is 15.4. The van der Waals surface area contributed by atoms with Gasteiger partial charge in [0.2, 0.25) is 5.88 Å². The van der Waals surface area contributed by atoms with Crippen LogP contribution in [0.3, 0.4) is 0 Å². The Kier molecular flexibility index (Phi) is 7.67. The summed E-state index contributed by atoms with van der Waals surface area (Å²) in [6, 6.07) is 15.9. The molecule has 0 spiro atoms. The molecule has 0 bridgehead atoms. The van der Waals surface area contributed by atoms with Crippen LogP contribution in [-0.4, -0.2) is 33.0 Å². The minimum atomic E-state index is -3.79. The Balaban J connectivity index is 1.64. The summed E-state index contributed by atoms with van der Waals surface area (Å²) in [7, 11) is -2.26. The molecule has 32 heavy (non-hydrogen) atoms. The SMILES string of the molecule is CCCOc1ncccc1CNC(=O)c1ccc(S(=O)(=O)Nc2ccc(OC)cc2)cc1. The number of amides is 1. The minimum Gasteiger partial charge on any atom is -0.497 e. The van der Waals surface area contributed by atoms with Gasteiger partial charge < -0.3 is 14.8 Å². The Morgan fingerprint density at radius 2 is 1.75 bits per heavy atom. The van der Waals surface area contributed by atoms with Crippen molar-refractivity contribution in [2.75, 3.05) is 18.4 Å². The normalized spacial score (nSPS) is 10.9. The Morgan fingerprint density at radius 3 is 2.41 bits per heavy atom. The smallest absolute Gasteiger partial charge is 0.261 e. The van der Waals surface area contributed by atoms with E-state index in [4.69, 9.17) is 9.47 Å². The zero-order chi connectivity index (χ0) is 23.0. The van der Waals surface area contributed by atoms with Gasteiger partial charge in [0.05, 0.1) is 18.6 Å². The van der Waals surface area contributed by atoms with Gasteiger partial charge in [0.1, 0.15) is 5.75 Å². The maximum atomic E-state index is 12.6. The number of anilines is 1. The Labute approximate surface area is 187 Å². The largest absolute Gasteiger partial charge is 0.497 e. The number of hydrogen-bond donors (Lipinski definition) is 2. The Morgan fingerprint density at radius 1 is 1.03 bits per heavy atom. The molecule has 8 nitrogen and oxygen atoms in total. The summed E-state index contributed by atoms with van der Waals surface area (Å²) in [6.07, 6.45) is 2.49. The Hall–Kier alpha value is -3.59. The second-order valence-corrected chi connectivity index (χ2v) is 8.54. The number of carbonyl (C=O) groups is 1. The van der Waals surface area contributed by atoms with E-state index < -0.39 is 10.0 Å². The highest BCUT2D eigenvalue weighted by Crippen LogP contribution is 2.20. The molecule has 2 aromatic carbocycles. The van der Waals surface area contributed by atoms with Gasteiger partial charge in [-0.3, -0.25) is 9.52 Å². The molecule has 0 saturated heterocycles. The van der Waals surface area contributed by atoms with Gasteiger partial charge >= 0.3 is 0 Å². The molecule has 0 unspecified atom stereocenters. The number of aromatic nitrogens is 1.